The van der Waals surface area contributed by atoms with Crippen molar-refractivity contribution in [1.29, 1.82) is 0 Å². The number of nitrogens with two attached hydrogens (primary N) is 2. The van der Waals surface area contributed by atoms with Crippen LogP contribution in [0.1, 0.15) is 25.7 Å². The summed E-state index contributed by atoms with van der Waals surface area (Å²) >= 11 is 4.54. The van der Waals surface area contributed by atoms with E-state index in [0.29, 0.717) is 0 Å². The molecule has 0 saturated heterocycles. The van der Waals surface area contributed by atoms with Crippen molar-refractivity contribution in [3.05, 3.63) is 0 Å². The van der Waals surface area contributed by atoms with Crippen LogP contribution in [0.5, 0.6) is 0 Å². The molecule has 6 heteroatoms. The van der Waals surface area contributed by atoms with E-state index >= 15 is 0 Å². The molecule has 0 aromatic rings. The van der Waals surface area contributed by atoms with Gasteiger partial charge in [-0.3, -0.25) is 4.84 Å². The monoisotopic (exact) mass is 202 g/mol. The summed E-state index contributed by atoms with van der Waals surface area (Å²) in [5.74, 6) is 0.111. The first kappa shape index (κ1) is 10.2. The van der Waals surface area contributed by atoms with E-state index in [0.717, 1.165) is 12.8 Å². The number of hydrogen-bond donors (Lipinski definition) is 3. The summed E-state index contributed by atoms with van der Waals surface area (Å²) in [5.41, 5.74) is 13.1. The summed E-state index contributed by atoms with van der Waals surface area (Å²) in [6.07, 6.45) is 4.78. The largest absolute Gasteiger partial charge is 0.374 e. The van der Waals surface area contributed by atoms with E-state index in [9.17, 15) is 0 Å². The van der Waals surface area contributed by atoms with Crippen LogP contribution in [0, 0.1) is 0 Å². The van der Waals surface area contributed by atoms with E-state index in [1.165, 1.54) is 12.8 Å². The molecular formula is C7H14N4OS. The van der Waals surface area contributed by atoms with Crippen molar-refractivity contribution in [1.82, 2.24) is 5.48 Å². The highest BCUT2D eigenvalue weighted by molar-refractivity contribution is 7.80. The lowest BCUT2D eigenvalue weighted by atomic mass is 10.3. The van der Waals surface area contributed by atoms with Crippen LogP contribution in [0.4, 0.5) is 0 Å². The average Bonchev–Trinajstić information content (AvgIpc) is 2.51. The minimum Gasteiger partial charge on any atom is -0.374 e. The van der Waals surface area contributed by atoms with Crippen molar-refractivity contribution in [2.75, 3.05) is 0 Å². The maximum atomic E-state index is 5.40. The highest BCUT2D eigenvalue weighted by atomic mass is 32.1. The molecule has 1 fully saturated rings. The molecular weight excluding hydrogens is 188 g/mol. The number of nitrogens with one attached hydrogen (secondary N) is 1. The Balaban J connectivity index is 2.21. The number of thiocarbonyl (C=S) groups is 1. The molecule has 0 radical (unpaired) electrons. The molecule has 0 heterocycles. The minimum absolute atomic E-state index is 0.0000203. The molecule has 0 aliphatic heterocycles. The van der Waals surface area contributed by atoms with Crippen LogP contribution in [0.2, 0.25) is 0 Å². The SMILES string of the molecule is NC(=S)/N=C(\N)NOC1CCCC1. The summed E-state index contributed by atoms with van der Waals surface area (Å²) in [6.45, 7) is 0. The van der Waals surface area contributed by atoms with Crippen LogP contribution in [-0.4, -0.2) is 17.2 Å². The first-order chi connectivity index (χ1) is 6.18. The number of hydroxylamine groups is 1. The smallest absolute Gasteiger partial charge is 0.220 e. The van der Waals surface area contributed by atoms with Crippen LogP contribution in [-0.2, 0) is 4.84 Å². The summed E-state index contributed by atoms with van der Waals surface area (Å²) in [6, 6.07) is 0. The van der Waals surface area contributed by atoms with Crippen LogP contribution in [0.25, 0.3) is 0 Å². The van der Waals surface area contributed by atoms with E-state index in [1.54, 1.807) is 0 Å². The highest BCUT2D eigenvalue weighted by Gasteiger charge is 2.15. The zero-order valence-corrected chi connectivity index (χ0v) is 8.14. The Labute approximate surface area is 82.5 Å². The van der Waals surface area contributed by atoms with Gasteiger partial charge in [-0.15, -0.1) is 0 Å². The van der Waals surface area contributed by atoms with Crippen molar-refractivity contribution in [2.24, 2.45) is 16.5 Å². The molecule has 0 atom stereocenters. The molecule has 13 heavy (non-hydrogen) atoms. The third kappa shape index (κ3) is 4.05. The Hall–Kier alpha value is -0.880. The predicted octanol–water partition coefficient (Wildman–Crippen LogP) is 0.00850. The van der Waals surface area contributed by atoms with E-state index in [1.807, 2.05) is 0 Å². The van der Waals surface area contributed by atoms with Gasteiger partial charge in [0, 0.05) is 0 Å². The van der Waals surface area contributed by atoms with Gasteiger partial charge in [0.1, 0.15) is 0 Å². The average molecular weight is 202 g/mol. The van der Waals surface area contributed by atoms with Gasteiger partial charge in [0.2, 0.25) is 5.96 Å². The van der Waals surface area contributed by atoms with Crippen molar-refractivity contribution in [2.45, 2.75) is 31.8 Å². The molecule has 0 unspecified atom stereocenters. The zero-order valence-electron chi connectivity index (χ0n) is 7.32. The summed E-state index contributed by atoms with van der Waals surface area (Å²) < 4.78 is 0. The summed E-state index contributed by atoms with van der Waals surface area (Å²) in [5, 5.41) is 0.0000203. The second-order valence-electron chi connectivity index (χ2n) is 2.96. The Morgan fingerprint density at radius 2 is 2.00 bits per heavy atom. The first-order valence-electron chi connectivity index (χ1n) is 4.24. The van der Waals surface area contributed by atoms with Crippen LogP contribution in [0.3, 0.4) is 0 Å². The molecule has 0 amide bonds. The van der Waals surface area contributed by atoms with E-state index < -0.39 is 0 Å². The standard InChI is InChI=1S/C7H14N4OS/c8-6(10-7(9)13)11-12-5-3-1-2-4-5/h5H,1-4H2,(H5,8,9,10,11,13). The molecule has 5 N–H and O–H groups in total. The fourth-order valence-corrected chi connectivity index (χ4v) is 1.39. The fraction of sp³-hybridized carbons (Fsp3) is 0.714. The summed E-state index contributed by atoms with van der Waals surface area (Å²) in [4.78, 5) is 8.85. The normalized spacial score (nSPS) is 18.9. The van der Waals surface area contributed by atoms with Gasteiger partial charge in [-0.2, -0.15) is 4.99 Å². The van der Waals surface area contributed by atoms with Gasteiger partial charge in [0.05, 0.1) is 6.10 Å². The zero-order chi connectivity index (χ0) is 9.68. The Kier molecular flexibility index (Phi) is 3.91. The second-order valence-corrected chi connectivity index (χ2v) is 3.38. The molecule has 0 aromatic carbocycles. The third-order valence-electron chi connectivity index (χ3n) is 1.86. The van der Waals surface area contributed by atoms with Gasteiger partial charge in [0.15, 0.2) is 5.11 Å². The molecule has 0 spiro atoms. The molecule has 0 bridgehead atoms. The van der Waals surface area contributed by atoms with Gasteiger partial charge in [-0.05, 0) is 25.1 Å². The molecule has 1 rings (SSSR count). The second kappa shape index (κ2) is 4.98. The third-order valence-corrected chi connectivity index (χ3v) is 1.95. The number of hydrogen-bond acceptors (Lipinski definition) is 2. The van der Waals surface area contributed by atoms with Crippen molar-refractivity contribution >= 4 is 23.3 Å². The van der Waals surface area contributed by atoms with Crippen molar-refractivity contribution < 1.29 is 4.84 Å². The van der Waals surface area contributed by atoms with Crippen LogP contribution in [0.15, 0.2) is 4.99 Å². The van der Waals surface area contributed by atoms with Crippen molar-refractivity contribution in [3.8, 4) is 0 Å². The number of nitrogens with zero attached hydrogens (tertiary/aromatic N) is 1. The van der Waals surface area contributed by atoms with Gasteiger partial charge in [-0.25, -0.2) is 5.48 Å². The highest BCUT2D eigenvalue weighted by Crippen LogP contribution is 2.19. The van der Waals surface area contributed by atoms with Crippen LogP contribution < -0.4 is 16.9 Å². The number of rotatable bonds is 2. The quantitative estimate of drug-likeness (QED) is 0.254. The Bertz CT molecular complexity index is 213. The topological polar surface area (TPSA) is 85.7 Å². The predicted molar refractivity (Wildman–Crippen MR) is 54.9 cm³/mol. The van der Waals surface area contributed by atoms with Gasteiger partial charge in [0.25, 0.3) is 0 Å². The number of aliphatic imine (C=N–C) groups is 1. The summed E-state index contributed by atoms with van der Waals surface area (Å²) in [7, 11) is 0. The molecule has 1 aliphatic rings. The van der Waals surface area contributed by atoms with Crippen molar-refractivity contribution in [3.63, 3.8) is 0 Å². The lowest BCUT2D eigenvalue weighted by molar-refractivity contribution is 0.0144. The fourth-order valence-electron chi connectivity index (χ4n) is 1.29. The lowest BCUT2D eigenvalue weighted by Gasteiger charge is -2.10. The molecule has 5 nitrogen and oxygen atoms in total. The van der Waals surface area contributed by atoms with Crippen LogP contribution >= 0.6 is 12.2 Å². The minimum atomic E-state index is 0.0000203. The maximum Gasteiger partial charge on any atom is 0.220 e. The number of guanidine groups is 1. The first-order valence-corrected chi connectivity index (χ1v) is 4.64. The van der Waals surface area contributed by atoms with Gasteiger partial charge in [-0.1, -0.05) is 12.8 Å². The van der Waals surface area contributed by atoms with Gasteiger partial charge >= 0.3 is 0 Å². The Morgan fingerprint density at radius 1 is 1.38 bits per heavy atom. The Morgan fingerprint density at radius 3 is 2.54 bits per heavy atom. The van der Waals surface area contributed by atoms with Gasteiger partial charge < -0.3 is 11.5 Å². The van der Waals surface area contributed by atoms with E-state index in [4.69, 9.17) is 16.3 Å². The maximum absolute atomic E-state index is 5.40. The molecule has 0 aromatic heterocycles. The van der Waals surface area contributed by atoms with E-state index in [2.05, 4.69) is 22.7 Å². The van der Waals surface area contributed by atoms with E-state index in [-0.39, 0.29) is 17.2 Å². The molecule has 1 saturated carbocycles. The lowest BCUT2D eigenvalue weighted by Crippen LogP contribution is -2.35. The molecule has 74 valence electrons. The molecule has 1 aliphatic carbocycles.